The maximum absolute atomic E-state index is 12.9. The molecule has 0 saturated heterocycles. The molecule has 0 aliphatic heterocycles. The molecule has 0 saturated carbocycles. The van der Waals surface area contributed by atoms with Crippen LogP contribution in [-0.4, -0.2) is 11.5 Å². The van der Waals surface area contributed by atoms with Crippen LogP contribution in [0.25, 0.3) is 0 Å². The number of halogens is 1. The van der Waals surface area contributed by atoms with Crippen LogP contribution in [0.5, 0.6) is 0 Å². The van der Waals surface area contributed by atoms with Gasteiger partial charge in [-0.3, -0.25) is 0 Å². The van der Waals surface area contributed by atoms with Crippen molar-refractivity contribution in [3.05, 3.63) is 54.0 Å². The lowest BCUT2D eigenvalue weighted by atomic mass is 10.1. The quantitative estimate of drug-likeness (QED) is 0.849. The SMILES string of the molecule is Nc1ncccc1NCCc1cccc(F)c1. The molecule has 0 aliphatic rings. The van der Waals surface area contributed by atoms with Crippen LogP contribution in [0, 0.1) is 5.82 Å². The Labute approximate surface area is 99.5 Å². The zero-order chi connectivity index (χ0) is 12.1. The van der Waals surface area contributed by atoms with Crippen molar-refractivity contribution < 1.29 is 4.39 Å². The molecule has 0 aliphatic carbocycles. The smallest absolute Gasteiger partial charge is 0.146 e. The van der Waals surface area contributed by atoms with Gasteiger partial charge in [-0.15, -0.1) is 0 Å². The number of nitrogens with two attached hydrogens (primary N) is 1. The van der Waals surface area contributed by atoms with Gasteiger partial charge in [-0.1, -0.05) is 12.1 Å². The van der Waals surface area contributed by atoms with Gasteiger partial charge in [0.2, 0.25) is 0 Å². The van der Waals surface area contributed by atoms with E-state index < -0.39 is 0 Å². The lowest BCUT2D eigenvalue weighted by Gasteiger charge is -2.08. The number of benzene rings is 1. The molecule has 0 bridgehead atoms. The highest BCUT2D eigenvalue weighted by Gasteiger charge is 1.99. The molecule has 0 unspecified atom stereocenters. The number of hydrogen-bond donors (Lipinski definition) is 2. The second kappa shape index (κ2) is 5.30. The molecule has 0 radical (unpaired) electrons. The van der Waals surface area contributed by atoms with E-state index in [-0.39, 0.29) is 5.82 Å². The Hall–Kier alpha value is -2.10. The molecule has 0 fully saturated rings. The summed E-state index contributed by atoms with van der Waals surface area (Å²) in [4.78, 5) is 3.97. The van der Waals surface area contributed by atoms with Crippen molar-refractivity contribution in [2.24, 2.45) is 0 Å². The molecule has 17 heavy (non-hydrogen) atoms. The third kappa shape index (κ3) is 3.17. The van der Waals surface area contributed by atoms with E-state index in [2.05, 4.69) is 10.3 Å². The van der Waals surface area contributed by atoms with Gasteiger partial charge in [0.25, 0.3) is 0 Å². The molecule has 1 aromatic heterocycles. The molecule has 1 aromatic carbocycles. The fourth-order valence-electron chi connectivity index (χ4n) is 1.60. The number of hydrogen-bond acceptors (Lipinski definition) is 3. The Morgan fingerprint density at radius 1 is 1.24 bits per heavy atom. The first-order valence-corrected chi connectivity index (χ1v) is 5.44. The highest BCUT2D eigenvalue weighted by molar-refractivity contribution is 5.60. The zero-order valence-electron chi connectivity index (χ0n) is 9.36. The minimum Gasteiger partial charge on any atom is -0.382 e. The third-order valence-corrected chi connectivity index (χ3v) is 2.46. The monoisotopic (exact) mass is 231 g/mol. The third-order valence-electron chi connectivity index (χ3n) is 2.46. The van der Waals surface area contributed by atoms with Gasteiger partial charge in [0, 0.05) is 12.7 Å². The van der Waals surface area contributed by atoms with Gasteiger partial charge in [-0.25, -0.2) is 9.37 Å². The number of pyridine rings is 1. The summed E-state index contributed by atoms with van der Waals surface area (Å²) in [6.07, 6.45) is 2.39. The van der Waals surface area contributed by atoms with E-state index in [4.69, 9.17) is 5.73 Å². The average Bonchev–Trinajstić information content (AvgIpc) is 2.32. The second-order valence-electron chi connectivity index (χ2n) is 3.74. The van der Waals surface area contributed by atoms with Crippen molar-refractivity contribution in [2.75, 3.05) is 17.6 Å². The van der Waals surface area contributed by atoms with Gasteiger partial charge < -0.3 is 11.1 Å². The van der Waals surface area contributed by atoms with Gasteiger partial charge in [0.1, 0.15) is 11.6 Å². The summed E-state index contributed by atoms with van der Waals surface area (Å²) in [7, 11) is 0. The van der Waals surface area contributed by atoms with Crippen molar-refractivity contribution in [1.29, 1.82) is 0 Å². The predicted octanol–water partition coefficient (Wildman–Crippen LogP) is 2.46. The predicted molar refractivity (Wildman–Crippen MR) is 67.2 cm³/mol. The maximum Gasteiger partial charge on any atom is 0.146 e. The Morgan fingerprint density at radius 3 is 2.88 bits per heavy atom. The Morgan fingerprint density at radius 2 is 2.12 bits per heavy atom. The van der Waals surface area contributed by atoms with Gasteiger partial charge in [0.05, 0.1) is 5.69 Å². The summed E-state index contributed by atoms with van der Waals surface area (Å²) >= 11 is 0. The standard InChI is InChI=1S/C13H14FN3/c14-11-4-1-3-10(9-11)6-8-16-12-5-2-7-17-13(12)15/h1-5,7,9,16H,6,8H2,(H2,15,17). The average molecular weight is 231 g/mol. The number of rotatable bonds is 4. The molecular formula is C13H14FN3. The zero-order valence-corrected chi connectivity index (χ0v) is 9.36. The Balaban J connectivity index is 1.90. The van der Waals surface area contributed by atoms with E-state index in [9.17, 15) is 4.39 Å². The number of nitrogens with zero attached hydrogens (tertiary/aromatic N) is 1. The normalized spacial score (nSPS) is 10.2. The number of nitrogen functional groups attached to an aromatic ring is 1. The number of nitrogens with one attached hydrogen (secondary N) is 1. The summed E-state index contributed by atoms with van der Waals surface area (Å²) in [5.74, 6) is 0.273. The first kappa shape index (κ1) is 11.4. The summed E-state index contributed by atoms with van der Waals surface area (Å²) in [6, 6.07) is 10.3. The lowest BCUT2D eigenvalue weighted by Crippen LogP contribution is -2.07. The van der Waals surface area contributed by atoms with Gasteiger partial charge >= 0.3 is 0 Å². The molecule has 1 heterocycles. The van der Waals surface area contributed by atoms with Crippen LogP contribution < -0.4 is 11.1 Å². The maximum atomic E-state index is 12.9. The van der Waals surface area contributed by atoms with Crippen molar-refractivity contribution in [3.8, 4) is 0 Å². The van der Waals surface area contributed by atoms with Crippen LogP contribution in [0.15, 0.2) is 42.6 Å². The molecule has 2 aromatic rings. The molecule has 4 heteroatoms. The molecule has 88 valence electrons. The van der Waals surface area contributed by atoms with Crippen molar-refractivity contribution in [1.82, 2.24) is 4.98 Å². The second-order valence-corrected chi connectivity index (χ2v) is 3.74. The van der Waals surface area contributed by atoms with Crippen LogP contribution in [0.3, 0.4) is 0 Å². The van der Waals surface area contributed by atoms with Crippen molar-refractivity contribution in [2.45, 2.75) is 6.42 Å². The van der Waals surface area contributed by atoms with Crippen molar-refractivity contribution in [3.63, 3.8) is 0 Å². The van der Waals surface area contributed by atoms with E-state index >= 15 is 0 Å². The fourth-order valence-corrected chi connectivity index (χ4v) is 1.60. The first-order valence-electron chi connectivity index (χ1n) is 5.44. The van der Waals surface area contributed by atoms with Crippen LogP contribution in [0.4, 0.5) is 15.9 Å². The first-order chi connectivity index (χ1) is 8.25. The molecule has 0 spiro atoms. The number of anilines is 2. The Bertz CT molecular complexity index is 500. The number of aromatic nitrogens is 1. The topological polar surface area (TPSA) is 50.9 Å². The van der Waals surface area contributed by atoms with Crippen molar-refractivity contribution >= 4 is 11.5 Å². The summed E-state index contributed by atoms with van der Waals surface area (Å²) in [5.41, 5.74) is 7.46. The molecule has 3 nitrogen and oxygen atoms in total. The fraction of sp³-hybridized carbons (Fsp3) is 0.154. The van der Waals surface area contributed by atoms with Crippen LogP contribution >= 0.6 is 0 Å². The minimum absolute atomic E-state index is 0.205. The summed E-state index contributed by atoms with van der Waals surface area (Å²) in [6.45, 7) is 0.694. The molecule has 0 amide bonds. The molecule has 2 rings (SSSR count). The molecular weight excluding hydrogens is 217 g/mol. The van der Waals surface area contributed by atoms with E-state index in [1.165, 1.54) is 12.1 Å². The summed E-state index contributed by atoms with van der Waals surface area (Å²) < 4.78 is 12.9. The van der Waals surface area contributed by atoms with Crippen LogP contribution in [0.2, 0.25) is 0 Å². The van der Waals surface area contributed by atoms with E-state index in [0.717, 1.165) is 17.7 Å². The van der Waals surface area contributed by atoms with E-state index in [1.54, 1.807) is 12.3 Å². The highest BCUT2D eigenvalue weighted by Crippen LogP contribution is 2.13. The lowest BCUT2D eigenvalue weighted by molar-refractivity contribution is 0.625. The minimum atomic E-state index is -0.205. The van der Waals surface area contributed by atoms with Gasteiger partial charge in [-0.2, -0.15) is 0 Å². The molecule has 0 atom stereocenters. The molecule has 3 N–H and O–H groups in total. The largest absolute Gasteiger partial charge is 0.382 e. The Kier molecular flexibility index (Phi) is 3.55. The van der Waals surface area contributed by atoms with E-state index in [1.807, 2.05) is 18.2 Å². The summed E-state index contributed by atoms with van der Waals surface area (Å²) in [5, 5.41) is 3.17. The highest BCUT2D eigenvalue weighted by atomic mass is 19.1. The van der Waals surface area contributed by atoms with E-state index in [0.29, 0.717) is 12.4 Å². The van der Waals surface area contributed by atoms with Crippen LogP contribution in [-0.2, 0) is 6.42 Å². The van der Waals surface area contributed by atoms with Gasteiger partial charge in [-0.05, 0) is 36.2 Å². The van der Waals surface area contributed by atoms with Crippen LogP contribution in [0.1, 0.15) is 5.56 Å². The van der Waals surface area contributed by atoms with Gasteiger partial charge in [0.15, 0.2) is 0 Å².